The molecule has 0 unspecified atom stereocenters. The predicted octanol–water partition coefficient (Wildman–Crippen LogP) is 3.85. The van der Waals surface area contributed by atoms with Crippen molar-refractivity contribution in [3.63, 3.8) is 0 Å². The number of hydrogen-bond acceptors (Lipinski definition) is 6. The number of thioether (sulfide) groups is 1. The van der Waals surface area contributed by atoms with Gasteiger partial charge in [0.2, 0.25) is 11.0 Å². The first kappa shape index (κ1) is 15.1. The van der Waals surface area contributed by atoms with Crippen LogP contribution in [-0.4, -0.2) is 25.2 Å². The summed E-state index contributed by atoms with van der Waals surface area (Å²) in [6.45, 7) is 4.06. The first-order valence-corrected chi connectivity index (χ1v) is 8.11. The van der Waals surface area contributed by atoms with Gasteiger partial charge in [-0.3, -0.25) is 0 Å². The average molecular weight is 336 g/mol. The third-order valence-corrected chi connectivity index (χ3v) is 4.13. The lowest BCUT2D eigenvalue weighted by molar-refractivity contribution is 0.476. The van der Waals surface area contributed by atoms with Crippen LogP contribution in [0, 0.1) is 0 Å². The topological polar surface area (TPSA) is 69.6 Å². The van der Waals surface area contributed by atoms with Gasteiger partial charge < -0.3 is 4.42 Å². The summed E-state index contributed by atoms with van der Waals surface area (Å²) in [5, 5.41) is 13.1. The molecule has 2 heterocycles. The van der Waals surface area contributed by atoms with Crippen LogP contribution < -0.4 is 0 Å². The third-order valence-electron chi connectivity index (χ3n) is 2.96. The molecule has 22 heavy (non-hydrogen) atoms. The molecular formula is C14H14ClN5OS. The van der Waals surface area contributed by atoms with Crippen molar-refractivity contribution in [1.29, 1.82) is 0 Å². The van der Waals surface area contributed by atoms with Crippen molar-refractivity contribution in [3.05, 3.63) is 41.4 Å². The van der Waals surface area contributed by atoms with Crippen molar-refractivity contribution >= 4 is 23.4 Å². The Bertz CT molecular complexity index is 753. The summed E-state index contributed by atoms with van der Waals surface area (Å²) < 4.78 is 7.53. The third kappa shape index (κ3) is 3.31. The minimum absolute atomic E-state index is 0.215. The molecule has 0 atom stereocenters. The van der Waals surface area contributed by atoms with Gasteiger partial charge in [0.05, 0.1) is 18.0 Å². The Morgan fingerprint density at radius 3 is 2.77 bits per heavy atom. The van der Waals surface area contributed by atoms with Gasteiger partial charge >= 0.3 is 0 Å². The quantitative estimate of drug-likeness (QED) is 0.659. The van der Waals surface area contributed by atoms with Gasteiger partial charge in [-0.25, -0.2) is 9.67 Å². The highest BCUT2D eigenvalue weighted by atomic mass is 35.5. The van der Waals surface area contributed by atoms with Crippen molar-refractivity contribution < 1.29 is 4.42 Å². The molecule has 0 aliphatic carbocycles. The minimum atomic E-state index is 0.215. The molecule has 114 valence electrons. The second-order valence-electron chi connectivity index (χ2n) is 4.91. The minimum Gasteiger partial charge on any atom is -0.440 e. The fraction of sp³-hybridized carbons (Fsp3) is 0.286. The van der Waals surface area contributed by atoms with E-state index in [1.165, 1.54) is 11.8 Å². The van der Waals surface area contributed by atoms with E-state index in [4.69, 9.17) is 16.0 Å². The lowest BCUT2D eigenvalue weighted by Gasteiger charge is -2.05. The van der Waals surface area contributed by atoms with E-state index < -0.39 is 0 Å². The van der Waals surface area contributed by atoms with Gasteiger partial charge in [0, 0.05) is 10.6 Å². The van der Waals surface area contributed by atoms with Crippen LogP contribution in [-0.2, 0) is 5.75 Å². The molecule has 0 N–H and O–H groups in total. The van der Waals surface area contributed by atoms with E-state index in [9.17, 15) is 0 Å². The molecule has 0 saturated carbocycles. The zero-order valence-electron chi connectivity index (χ0n) is 12.1. The number of rotatable bonds is 5. The molecule has 0 spiro atoms. The molecule has 3 rings (SSSR count). The molecule has 0 amide bonds. The fourth-order valence-electron chi connectivity index (χ4n) is 1.86. The van der Waals surface area contributed by atoms with Crippen molar-refractivity contribution in [2.75, 3.05) is 0 Å². The van der Waals surface area contributed by atoms with E-state index in [2.05, 4.69) is 20.5 Å². The number of halogens is 1. The normalized spacial score (nSPS) is 11.3. The van der Waals surface area contributed by atoms with Crippen molar-refractivity contribution in [2.24, 2.45) is 0 Å². The van der Waals surface area contributed by atoms with E-state index in [1.807, 2.05) is 38.1 Å². The summed E-state index contributed by atoms with van der Waals surface area (Å²) in [6, 6.07) is 7.67. The Morgan fingerprint density at radius 1 is 1.27 bits per heavy atom. The maximum Gasteiger partial charge on any atom is 0.210 e. The summed E-state index contributed by atoms with van der Waals surface area (Å²) in [5.41, 5.74) is 0.945. The summed E-state index contributed by atoms with van der Waals surface area (Å²) in [5.74, 6) is 1.92. The monoisotopic (exact) mass is 335 g/mol. The summed E-state index contributed by atoms with van der Waals surface area (Å²) >= 11 is 7.38. The van der Waals surface area contributed by atoms with E-state index in [0.717, 1.165) is 16.5 Å². The maximum absolute atomic E-state index is 5.88. The second-order valence-corrected chi connectivity index (χ2v) is 6.29. The van der Waals surface area contributed by atoms with Crippen molar-refractivity contribution in [1.82, 2.24) is 25.2 Å². The maximum atomic E-state index is 5.88. The number of tetrazole rings is 1. The van der Waals surface area contributed by atoms with Gasteiger partial charge in [-0.15, -0.1) is 5.10 Å². The van der Waals surface area contributed by atoms with Crippen LogP contribution in [0.25, 0.3) is 11.3 Å². The van der Waals surface area contributed by atoms with Crippen LogP contribution in [0.1, 0.15) is 25.8 Å². The highest BCUT2D eigenvalue weighted by molar-refractivity contribution is 7.98. The van der Waals surface area contributed by atoms with Crippen molar-refractivity contribution in [2.45, 2.75) is 30.8 Å². The second kappa shape index (κ2) is 6.50. The molecule has 6 nitrogen and oxygen atoms in total. The average Bonchev–Trinajstić information content (AvgIpc) is 3.15. The summed E-state index contributed by atoms with van der Waals surface area (Å²) in [7, 11) is 0. The SMILES string of the molecule is CC(C)n1nnnc1SCc1ncc(-c2ccc(Cl)cc2)o1. The number of hydrogen-bond donors (Lipinski definition) is 0. The zero-order chi connectivity index (χ0) is 15.5. The van der Waals surface area contributed by atoms with Crippen LogP contribution in [0.3, 0.4) is 0 Å². The molecule has 0 radical (unpaired) electrons. The fourth-order valence-corrected chi connectivity index (χ4v) is 2.84. The first-order valence-electron chi connectivity index (χ1n) is 6.75. The van der Waals surface area contributed by atoms with Crippen LogP contribution >= 0.6 is 23.4 Å². The Hall–Kier alpha value is -1.86. The van der Waals surface area contributed by atoms with Gasteiger partial charge in [-0.05, 0) is 48.5 Å². The number of nitrogens with zero attached hydrogens (tertiary/aromatic N) is 5. The van der Waals surface area contributed by atoms with Crippen LogP contribution in [0.4, 0.5) is 0 Å². The number of aromatic nitrogens is 5. The van der Waals surface area contributed by atoms with Gasteiger partial charge in [-0.2, -0.15) is 0 Å². The number of benzene rings is 1. The first-order chi connectivity index (χ1) is 10.6. The van der Waals surface area contributed by atoms with Crippen molar-refractivity contribution in [3.8, 4) is 11.3 Å². The van der Waals surface area contributed by atoms with E-state index in [0.29, 0.717) is 16.7 Å². The van der Waals surface area contributed by atoms with E-state index >= 15 is 0 Å². The smallest absolute Gasteiger partial charge is 0.210 e. The molecule has 0 aliphatic rings. The molecule has 0 saturated heterocycles. The predicted molar refractivity (Wildman–Crippen MR) is 84.7 cm³/mol. The number of oxazole rings is 1. The Morgan fingerprint density at radius 2 is 2.05 bits per heavy atom. The highest BCUT2D eigenvalue weighted by Gasteiger charge is 2.12. The standard InChI is InChI=1S/C14H14ClN5OS/c1-9(2)20-14(17-18-19-20)22-8-13-16-7-12(21-13)10-3-5-11(15)6-4-10/h3-7,9H,8H2,1-2H3. The molecule has 0 fully saturated rings. The van der Waals surface area contributed by atoms with E-state index in [1.54, 1.807) is 10.9 Å². The van der Waals surface area contributed by atoms with Crippen LogP contribution in [0.15, 0.2) is 40.0 Å². The molecular weight excluding hydrogens is 322 g/mol. The summed E-state index contributed by atoms with van der Waals surface area (Å²) in [6.07, 6.45) is 1.71. The molecule has 8 heteroatoms. The Balaban J connectivity index is 1.69. The lowest BCUT2D eigenvalue weighted by atomic mass is 10.2. The Labute approximate surface area is 136 Å². The van der Waals surface area contributed by atoms with Gasteiger partial charge in [-0.1, -0.05) is 23.4 Å². The van der Waals surface area contributed by atoms with Crippen LogP contribution in [0.2, 0.25) is 5.02 Å². The molecule has 0 bridgehead atoms. The molecule has 2 aromatic heterocycles. The molecule has 0 aliphatic heterocycles. The summed E-state index contributed by atoms with van der Waals surface area (Å²) in [4.78, 5) is 4.29. The Kier molecular flexibility index (Phi) is 4.44. The zero-order valence-corrected chi connectivity index (χ0v) is 13.7. The largest absolute Gasteiger partial charge is 0.440 e. The van der Waals surface area contributed by atoms with Crippen LogP contribution in [0.5, 0.6) is 0 Å². The van der Waals surface area contributed by atoms with E-state index in [-0.39, 0.29) is 6.04 Å². The lowest BCUT2D eigenvalue weighted by Crippen LogP contribution is -2.04. The molecule has 3 aromatic rings. The molecule has 1 aromatic carbocycles. The van der Waals surface area contributed by atoms with Gasteiger partial charge in [0.25, 0.3) is 0 Å². The van der Waals surface area contributed by atoms with Gasteiger partial charge in [0.1, 0.15) is 0 Å². The van der Waals surface area contributed by atoms with Gasteiger partial charge in [0.15, 0.2) is 5.76 Å². The highest BCUT2D eigenvalue weighted by Crippen LogP contribution is 2.26.